The molecule has 1 aliphatic heterocycles. The second-order valence-electron chi connectivity index (χ2n) is 6.01. The van der Waals surface area contributed by atoms with Crippen molar-refractivity contribution in [2.75, 3.05) is 19.6 Å². The Morgan fingerprint density at radius 1 is 1.48 bits per heavy atom. The van der Waals surface area contributed by atoms with Gasteiger partial charge in [0.05, 0.1) is 16.5 Å². The van der Waals surface area contributed by atoms with Crippen molar-refractivity contribution in [1.82, 2.24) is 10.0 Å². The molecule has 21 heavy (non-hydrogen) atoms. The molecule has 0 bridgehead atoms. The van der Waals surface area contributed by atoms with E-state index in [9.17, 15) is 8.42 Å². The summed E-state index contributed by atoms with van der Waals surface area (Å²) in [4.78, 5) is 0.189. The number of piperidine rings is 1. The molecule has 2 rings (SSSR count). The highest BCUT2D eigenvalue weighted by Crippen LogP contribution is 2.25. The molecule has 1 heterocycles. The number of aryl methyl sites for hydroxylation is 1. The van der Waals surface area contributed by atoms with Crippen molar-refractivity contribution in [3.63, 3.8) is 0 Å². The number of rotatable bonds is 4. The molecule has 0 saturated carbocycles. The number of nitriles is 1. The molecule has 2 N–H and O–H groups in total. The molecule has 0 spiro atoms. The summed E-state index contributed by atoms with van der Waals surface area (Å²) < 4.78 is 27.6. The Labute approximate surface area is 126 Å². The average Bonchev–Trinajstić information content (AvgIpc) is 2.47. The SMILES string of the molecule is Cc1ccc(C#N)cc1S(=O)(=O)NCC1(C)CCCNC1. The van der Waals surface area contributed by atoms with E-state index in [4.69, 9.17) is 5.26 Å². The molecule has 0 radical (unpaired) electrons. The van der Waals surface area contributed by atoms with Gasteiger partial charge in [0.15, 0.2) is 0 Å². The quantitative estimate of drug-likeness (QED) is 0.884. The van der Waals surface area contributed by atoms with E-state index < -0.39 is 10.0 Å². The molecule has 0 amide bonds. The third kappa shape index (κ3) is 3.82. The molecule has 6 heteroatoms. The Kier molecular flexibility index (Phi) is 4.67. The van der Waals surface area contributed by atoms with E-state index in [1.807, 2.05) is 6.07 Å². The lowest BCUT2D eigenvalue weighted by Crippen LogP contribution is -2.45. The molecule has 1 fully saturated rings. The number of hydrogen-bond donors (Lipinski definition) is 2. The molecule has 1 unspecified atom stereocenters. The van der Waals surface area contributed by atoms with Gasteiger partial charge in [-0.15, -0.1) is 0 Å². The maximum atomic E-state index is 12.5. The smallest absolute Gasteiger partial charge is 0.240 e. The number of benzene rings is 1. The van der Waals surface area contributed by atoms with E-state index in [1.54, 1.807) is 19.1 Å². The van der Waals surface area contributed by atoms with Gasteiger partial charge >= 0.3 is 0 Å². The number of hydrogen-bond acceptors (Lipinski definition) is 4. The second-order valence-corrected chi connectivity index (χ2v) is 7.74. The minimum absolute atomic E-state index is 0.0634. The minimum Gasteiger partial charge on any atom is -0.316 e. The van der Waals surface area contributed by atoms with Gasteiger partial charge in [-0.25, -0.2) is 13.1 Å². The monoisotopic (exact) mass is 307 g/mol. The summed E-state index contributed by atoms with van der Waals surface area (Å²) in [7, 11) is -3.59. The van der Waals surface area contributed by atoms with Crippen LogP contribution in [-0.2, 0) is 10.0 Å². The molecule has 1 aromatic rings. The van der Waals surface area contributed by atoms with Crippen molar-refractivity contribution in [1.29, 1.82) is 5.26 Å². The molecule has 1 atom stereocenters. The Balaban J connectivity index is 2.17. The zero-order valence-electron chi connectivity index (χ0n) is 12.4. The first-order valence-electron chi connectivity index (χ1n) is 7.07. The van der Waals surface area contributed by atoms with E-state index in [-0.39, 0.29) is 10.3 Å². The standard InChI is InChI=1S/C15H21N3O2S/c1-12-4-5-13(9-16)8-14(12)21(19,20)18-11-15(2)6-3-7-17-10-15/h4-5,8,17-18H,3,6-7,10-11H2,1-2H3. The Morgan fingerprint density at radius 2 is 2.24 bits per heavy atom. The van der Waals surface area contributed by atoms with Crippen LogP contribution in [0.4, 0.5) is 0 Å². The van der Waals surface area contributed by atoms with Gasteiger partial charge in [0.2, 0.25) is 10.0 Å². The fourth-order valence-corrected chi connectivity index (χ4v) is 4.04. The Morgan fingerprint density at radius 3 is 2.86 bits per heavy atom. The van der Waals surface area contributed by atoms with Gasteiger partial charge in [0, 0.05) is 13.1 Å². The fraction of sp³-hybridized carbons (Fsp3) is 0.533. The highest BCUT2D eigenvalue weighted by molar-refractivity contribution is 7.89. The van der Waals surface area contributed by atoms with E-state index in [1.165, 1.54) is 6.07 Å². The van der Waals surface area contributed by atoms with E-state index in [0.717, 1.165) is 25.9 Å². The second kappa shape index (κ2) is 6.14. The van der Waals surface area contributed by atoms with Crippen LogP contribution in [0.5, 0.6) is 0 Å². The van der Waals surface area contributed by atoms with Crippen LogP contribution in [0.1, 0.15) is 30.9 Å². The first-order chi connectivity index (χ1) is 9.86. The highest BCUT2D eigenvalue weighted by Gasteiger charge is 2.29. The van der Waals surface area contributed by atoms with E-state index in [2.05, 4.69) is 17.0 Å². The maximum absolute atomic E-state index is 12.5. The van der Waals surface area contributed by atoms with Crippen molar-refractivity contribution in [3.8, 4) is 6.07 Å². The molecule has 0 aromatic heterocycles. The average molecular weight is 307 g/mol. The Hall–Kier alpha value is -1.42. The number of nitrogens with one attached hydrogen (secondary N) is 2. The van der Waals surface area contributed by atoms with E-state index in [0.29, 0.717) is 17.7 Å². The molecular formula is C15H21N3O2S. The van der Waals surface area contributed by atoms with Crippen LogP contribution in [-0.4, -0.2) is 28.1 Å². The summed E-state index contributed by atoms with van der Waals surface area (Å²) in [6.45, 7) is 6.02. The molecule has 0 aliphatic carbocycles. The summed E-state index contributed by atoms with van der Waals surface area (Å²) in [5.41, 5.74) is 0.937. The molecule has 5 nitrogen and oxygen atoms in total. The lowest BCUT2D eigenvalue weighted by molar-refractivity contribution is 0.238. The van der Waals surface area contributed by atoms with Crippen LogP contribution < -0.4 is 10.0 Å². The van der Waals surface area contributed by atoms with Crippen molar-refractivity contribution in [2.24, 2.45) is 5.41 Å². The Bertz CT molecular complexity index is 656. The third-order valence-corrected chi connectivity index (χ3v) is 5.52. The van der Waals surface area contributed by atoms with Gasteiger partial charge in [-0.2, -0.15) is 5.26 Å². The van der Waals surface area contributed by atoms with Crippen LogP contribution in [0.3, 0.4) is 0 Å². The molecule has 1 aliphatic rings. The first-order valence-corrected chi connectivity index (χ1v) is 8.56. The van der Waals surface area contributed by atoms with Crippen LogP contribution in [0.25, 0.3) is 0 Å². The molecule has 114 valence electrons. The van der Waals surface area contributed by atoms with Crippen molar-refractivity contribution in [2.45, 2.75) is 31.6 Å². The van der Waals surface area contributed by atoms with Crippen molar-refractivity contribution in [3.05, 3.63) is 29.3 Å². The first kappa shape index (κ1) is 16.0. The maximum Gasteiger partial charge on any atom is 0.240 e. The topological polar surface area (TPSA) is 82.0 Å². The lowest BCUT2D eigenvalue weighted by Gasteiger charge is -2.34. The van der Waals surface area contributed by atoms with Crippen molar-refractivity contribution < 1.29 is 8.42 Å². The van der Waals surface area contributed by atoms with Gasteiger partial charge in [0.25, 0.3) is 0 Å². The normalized spacial score (nSPS) is 22.7. The minimum atomic E-state index is -3.59. The zero-order chi connectivity index (χ0) is 15.5. The molecule has 1 saturated heterocycles. The summed E-state index contributed by atoms with van der Waals surface area (Å²) in [5.74, 6) is 0. The summed E-state index contributed by atoms with van der Waals surface area (Å²) in [6.07, 6.45) is 2.06. The third-order valence-electron chi connectivity index (χ3n) is 3.98. The number of nitrogens with zero attached hydrogens (tertiary/aromatic N) is 1. The van der Waals surface area contributed by atoms with Crippen LogP contribution >= 0.6 is 0 Å². The predicted molar refractivity (Wildman–Crippen MR) is 81.3 cm³/mol. The summed E-state index contributed by atoms with van der Waals surface area (Å²) in [6, 6.07) is 6.70. The molecular weight excluding hydrogens is 286 g/mol. The van der Waals surface area contributed by atoms with Gasteiger partial charge in [-0.3, -0.25) is 0 Å². The van der Waals surface area contributed by atoms with Gasteiger partial charge < -0.3 is 5.32 Å². The van der Waals surface area contributed by atoms with Gasteiger partial charge in [-0.1, -0.05) is 13.0 Å². The summed E-state index contributed by atoms with van der Waals surface area (Å²) in [5, 5.41) is 12.2. The van der Waals surface area contributed by atoms with Gasteiger partial charge in [0.1, 0.15) is 0 Å². The largest absolute Gasteiger partial charge is 0.316 e. The van der Waals surface area contributed by atoms with Crippen LogP contribution in [0.15, 0.2) is 23.1 Å². The van der Waals surface area contributed by atoms with Gasteiger partial charge in [-0.05, 0) is 49.4 Å². The van der Waals surface area contributed by atoms with Crippen molar-refractivity contribution >= 4 is 10.0 Å². The number of sulfonamides is 1. The van der Waals surface area contributed by atoms with E-state index >= 15 is 0 Å². The lowest BCUT2D eigenvalue weighted by atomic mass is 9.83. The van der Waals surface area contributed by atoms with Crippen LogP contribution in [0.2, 0.25) is 0 Å². The zero-order valence-corrected chi connectivity index (χ0v) is 13.3. The van der Waals surface area contributed by atoms with Crippen LogP contribution in [0, 0.1) is 23.7 Å². The molecule has 1 aromatic carbocycles. The fourth-order valence-electron chi connectivity index (χ4n) is 2.58. The summed E-state index contributed by atoms with van der Waals surface area (Å²) >= 11 is 0. The highest BCUT2D eigenvalue weighted by atomic mass is 32.2. The predicted octanol–water partition coefficient (Wildman–Crippen LogP) is 1.53.